The predicted octanol–water partition coefficient (Wildman–Crippen LogP) is 1.78. The lowest BCUT2D eigenvalue weighted by molar-refractivity contribution is 0.477. The fourth-order valence-electron chi connectivity index (χ4n) is 1.55. The van der Waals surface area contributed by atoms with Crippen molar-refractivity contribution >= 4 is 12.0 Å². The van der Waals surface area contributed by atoms with Gasteiger partial charge in [-0.05, 0) is 24.6 Å². The molecule has 17 heavy (non-hydrogen) atoms. The van der Waals surface area contributed by atoms with Gasteiger partial charge in [-0.15, -0.1) is 10.2 Å². The van der Waals surface area contributed by atoms with Crippen molar-refractivity contribution in [3.8, 4) is 17.0 Å². The van der Waals surface area contributed by atoms with Gasteiger partial charge >= 0.3 is 0 Å². The lowest BCUT2D eigenvalue weighted by atomic mass is 10.1. The van der Waals surface area contributed by atoms with Crippen molar-refractivity contribution < 1.29 is 5.11 Å². The summed E-state index contributed by atoms with van der Waals surface area (Å²) in [5.41, 5.74) is 7.98. The molecule has 1 heterocycles. The minimum Gasteiger partial charge on any atom is -0.507 e. The Hall–Kier alpha value is -2.43. The number of phenolic OH excluding ortho intramolecular Hbond substituents is 1. The lowest BCUT2D eigenvalue weighted by Crippen LogP contribution is -2.02. The zero-order chi connectivity index (χ0) is 12.4. The Bertz CT molecular complexity index is 581. The average Bonchev–Trinajstić information content (AvgIpc) is 2.30. The van der Waals surface area contributed by atoms with E-state index in [1.807, 2.05) is 6.07 Å². The van der Waals surface area contributed by atoms with E-state index in [4.69, 9.17) is 5.73 Å². The highest BCUT2D eigenvalue weighted by molar-refractivity contribution is 5.70. The number of aryl methyl sites for hydroxylation is 1. The predicted molar refractivity (Wildman–Crippen MR) is 66.2 cm³/mol. The summed E-state index contributed by atoms with van der Waals surface area (Å²) in [6.45, 7) is 5.40. The van der Waals surface area contributed by atoms with E-state index in [9.17, 15) is 5.11 Å². The maximum atomic E-state index is 9.90. The summed E-state index contributed by atoms with van der Waals surface area (Å²) < 4.78 is 0. The minimum atomic E-state index is 0.117. The fraction of sp³-hybridized carbons (Fsp3) is 0.0833. The maximum Gasteiger partial charge on any atom is 0.240 e. The van der Waals surface area contributed by atoms with Gasteiger partial charge in [-0.25, -0.2) is 4.98 Å². The molecule has 1 aromatic carbocycles. The molecule has 0 saturated carbocycles. The molecule has 0 atom stereocenters. The van der Waals surface area contributed by atoms with Crippen molar-refractivity contribution in [3.05, 3.63) is 36.0 Å². The third-order valence-electron chi connectivity index (χ3n) is 2.39. The van der Waals surface area contributed by atoms with Crippen LogP contribution in [0.2, 0.25) is 0 Å². The number of nitrogens with zero attached hydrogens (tertiary/aromatic N) is 3. The highest BCUT2D eigenvalue weighted by Gasteiger charge is 2.11. The Morgan fingerprint density at radius 3 is 2.71 bits per heavy atom. The van der Waals surface area contributed by atoms with E-state index in [0.29, 0.717) is 17.0 Å². The van der Waals surface area contributed by atoms with E-state index in [2.05, 4.69) is 21.8 Å². The van der Waals surface area contributed by atoms with Gasteiger partial charge in [0.15, 0.2) is 0 Å². The van der Waals surface area contributed by atoms with E-state index >= 15 is 0 Å². The van der Waals surface area contributed by atoms with Gasteiger partial charge in [0.1, 0.15) is 11.4 Å². The van der Waals surface area contributed by atoms with Crippen LogP contribution in [0, 0.1) is 6.92 Å². The third kappa shape index (κ3) is 2.08. The molecule has 0 aliphatic carbocycles. The zero-order valence-corrected chi connectivity index (χ0v) is 9.38. The number of nitrogens with two attached hydrogens (primary N) is 1. The summed E-state index contributed by atoms with van der Waals surface area (Å²) >= 11 is 0. The van der Waals surface area contributed by atoms with Crippen LogP contribution in [0.15, 0.2) is 24.8 Å². The topological polar surface area (TPSA) is 84.9 Å². The largest absolute Gasteiger partial charge is 0.507 e. The Labute approximate surface area is 98.7 Å². The van der Waals surface area contributed by atoms with Crippen LogP contribution >= 0.6 is 0 Å². The van der Waals surface area contributed by atoms with E-state index in [1.54, 1.807) is 25.1 Å². The molecule has 2 aromatic rings. The van der Waals surface area contributed by atoms with Gasteiger partial charge in [0, 0.05) is 5.56 Å². The molecule has 0 radical (unpaired) electrons. The van der Waals surface area contributed by atoms with Crippen molar-refractivity contribution in [3.63, 3.8) is 0 Å². The summed E-state index contributed by atoms with van der Waals surface area (Å²) in [4.78, 5) is 4.01. The van der Waals surface area contributed by atoms with Gasteiger partial charge in [-0.1, -0.05) is 18.7 Å². The van der Waals surface area contributed by atoms with Gasteiger partial charge in [0.2, 0.25) is 5.95 Å². The molecule has 5 nitrogen and oxygen atoms in total. The Kier molecular flexibility index (Phi) is 2.74. The molecule has 0 spiro atoms. The number of anilines is 1. The molecule has 1 aromatic heterocycles. The molecule has 0 bridgehead atoms. The van der Waals surface area contributed by atoms with Crippen LogP contribution in [0.4, 0.5) is 5.95 Å². The van der Waals surface area contributed by atoms with Crippen molar-refractivity contribution in [1.82, 2.24) is 15.2 Å². The van der Waals surface area contributed by atoms with Crippen LogP contribution in [0.1, 0.15) is 11.3 Å². The van der Waals surface area contributed by atoms with Gasteiger partial charge < -0.3 is 10.8 Å². The molecule has 0 amide bonds. The molecule has 0 saturated heterocycles. The minimum absolute atomic E-state index is 0.117. The van der Waals surface area contributed by atoms with Crippen LogP contribution in [0.25, 0.3) is 17.3 Å². The van der Waals surface area contributed by atoms with Crippen molar-refractivity contribution in [2.75, 3.05) is 5.73 Å². The first-order chi connectivity index (χ1) is 8.11. The van der Waals surface area contributed by atoms with Crippen molar-refractivity contribution in [1.29, 1.82) is 0 Å². The normalized spacial score (nSPS) is 10.2. The monoisotopic (exact) mass is 228 g/mol. The summed E-state index contributed by atoms with van der Waals surface area (Å²) in [5.74, 6) is 0.236. The molecule has 0 unspecified atom stereocenters. The van der Waals surface area contributed by atoms with Crippen molar-refractivity contribution in [2.45, 2.75) is 6.92 Å². The molecule has 0 aliphatic heterocycles. The molecule has 2 rings (SSSR count). The smallest absolute Gasteiger partial charge is 0.240 e. The van der Waals surface area contributed by atoms with Crippen LogP contribution in [0.5, 0.6) is 5.75 Å². The molecule has 3 N–H and O–H groups in total. The second-order valence-corrected chi connectivity index (χ2v) is 3.58. The van der Waals surface area contributed by atoms with Crippen LogP contribution in [-0.4, -0.2) is 20.3 Å². The van der Waals surface area contributed by atoms with Crippen LogP contribution in [0.3, 0.4) is 0 Å². The summed E-state index contributed by atoms with van der Waals surface area (Å²) in [6.07, 6.45) is 1.66. The van der Waals surface area contributed by atoms with E-state index in [0.717, 1.165) is 5.56 Å². The Balaban J connectivity index is 2.56. The van der Waals surface area contributed by atoms with E-state index in [1.165, 1.54) is 0 Å². The number of aromatic nitrogens is 3. The van der Waals surface area contributed by atoms with Crippen LogP contribution in [-0.2, 0) is 0 Å². The van der Waals surface area contributed by atoms with Gasteiger partial charge in [-0.3, -0.25) is 0 Å². The number of aromatic hydroxyl groups is 1. The molecule has 0 fully saturated rings. The SMILES string of the molecule is C=Cc1ccc(-c2nnc(N)nc2C)c(O)c1. The van der Waals surface area contributed by atoms with Crippen molar-refractivity contribution in [2.24, 2.45) is 0 Å². The summed E-state index contributed by atoms with van der Waals surface area (Å²) in [5, 5.41) is 17.5. The fourth-order valence-corrected chi connectivity index (χ4v) is 1.55. The van der Waals surface area contributed by atoms with E-state index < -0.39 is 0 Å². The number of hydrogen-bond donors (Lipinski definition) is 2. The molecule has 5 heteroatoms. The van der Waals surface area contributed by atoms with Gasteiger partial charge in [-0.2, -0.15) is 0 Å². The first kappa shape index (κ1) is 11.1. The highest BCUT2D eigenvalue weighted by atomic mass is 16.3. The molecular weight excluding hydrogens is 216 g/mol. The highest BCUT2D eigenvalue weighted by Crippen LogP contribution is 2.30. The second kappa shape index (κ2) is 4.21. The van der Waals surface area contributed by atoms with Gasteiger partial charge in [0.25, 0.3) is 0 Å². The quantitative estimate of drug-likeness (QED) is 0.818. The summed E-state index contributed by atoms with van der Waals surface area (Å²) in [6, 6.07) is 5.20. The maximum absolute atomic E-state index is 9.90. The summed E-state index contributed by atoms with van der Waals surface area (Å²) in [7, 11) is 0. The average molecular weight is 228 g/mol. The first-order valence-electron chi connectivity index (χ1n) is 5.04. The number of benzene rings is 1. The number of rotatable bonds is 2. The number of phenols is 1. The third-order valence-corrected chi connectivity index (χ3v) is 2.39. The molecular formula is C12H12N4O. The molecule has 86 valence electrons. The van der Waals surface area contributed by atoms with Crippen LogP contribution < -0.4 is 5.73 Å². The van der Waals surface area contributed by atoms with Gasteiger partial charge in [0.05, 0.1) is 5.69 Å². The second-order valence-electron chi connectivity index (χ2n) is 3.58. The van der Waals surface area contributed by atoms with E-state index in [-0.39, 0.29) is 11.7 Å². The Morgan fingerprint density at radius 2 is 2.12 bits per heavy atom. The number of nitrogen functional groups attached to an aromatic ring is 1. The lowest BCUT2D eigenvalue weighted by Gasteiger charge is -2.06. The zero-order valence-electron chi connectivity index (χ0n) is 9.38. The number of hydrogen-bond acceptors (Lipinski definition) is 5. The molecule has 0 aliphatic rings. The Morgan fingerprint density at radius 1 is 1.35 bits per heavy atom. The first-order valence-corrected chi connectivity index (χ1v) is 5.04. The standard InChI is InChI=1S/C12H12N4O/c1-3-8-4-5-9(10(17)6-8)11-7(2)14-12(13)16-15-11/h3-6,17H,1H2,2H3,(H2,13,14,16).